The van der Waals surface area contributed by atoms with E-state index >= 15 is 0 Å². The van der Waals surface area contributed by atoms with Gasteiger partial charge < -0.3 is 18.6 Å². The summed E-state index contributed by atoms with van der Waals surface area (Å²) < 4.78 is 26.3. The Morgan fingerprint density at radius 3 is 2.74 bits per heavy atom. The average Bonchev–Trinajstić information content (AvgIpc) is 3.64. The Kier molecular flexibility index (Phi) is 4.88. The summed E-state index contributed by atoms with van der Waals surface area (Å²) in [6, 6.07) is 15.3. The van der Waals surface area contributed by atoms with Gasteiger partial charge in [-0.05, 0) is 29.5 Å². The Balaban J connectivity index is 1.34. The number of nitrogens with zero attached hydrogens (tertiary/aromatic N) is 6. The summed E-state index contributed by atoms with van der Waals surface area (Å²) in [6.07, 6.45) is 3.48. The van der Waals surface area contributed by atoms with Gasteiger partial charge in [-0.25, -0.2) is 14.2 Å². The normalized spacial score (nSPS) is 11.4. The molecule has 0 fully saturated rings. The van der Waals surface area contributed by atoms with Crippen molar-refractivity contribution < 1.29 is 18.6 Å². The molecule has 0 bridgehead atoms. The summed E-state index contributed by atoms with van der Waals surface area (Å²) in [5, 5.41) is 13.9. The van der Waals surface area contributed by atoms with Gasteiger partial charge in [-0.1, -0.05) is 23.4 Å². The van der Waals surface area contributed by atoms with Crippen LogP contribution in [0.1, 0.15) is 5.69 Å². The lowest BCUT2D eigenvalue weighted by atomic mass is 10.2. The van der Waals surface area contributed by atoms with Crippen molar-refractivity contribution in [2.75, 3.05) is 14.2 Å². The van der Waals surface area contributed by atoms with E-state index in [4.69, 9.17) is 18.6 Å². The van der Waals surface area contributed by atoms with Gasteiger partial charge >= 0.3 is 0 Å². The lowest BCUT2D eigenvalue weighted by Gasteiger charge is -2.10. The summed E-state index contributed by atoms with van der Waals surface area (Å²) in [5.41, 5.74) is 3.00. The Morgan fingerprint density at radius 2 is 1.94 bits per heavy atom. The number of aromatic nitrogens is 6. The lowest BCUT2D eigenvalue weighted by Crippen LogP contribution is -2.05. The molecule has 10 nitrogen and oxygen atoms in total. The van der Waals surface area contributed by atoms with E-state index in [1.54, 1.807) is 35.8 Å². The summed E-state index contributed by atoms with van der Waals surface area (Å²) in [7, 11) is 3.18. The molecule has 0 saturated carbocycles. The van der Waals surface area contributed by atoms with Gasteiger partial charge in [0.1, 0.15) is 35.1 Å². The first-order chi connectivity index (χ1) is 16.7. The second-order valence-electron chi connectivity index (χ2n) is 7.33. The lowest BCUT2D eigenvalue weighted by molar-refractivity contribution is 0.299. The summed E-state index contributed by atoms with van der Waals surface area (Å²) in [5.74, 6) is 1.84. The van der Waals surface area contributed by atoms with Crippen molar-refractivity contribution in [3.8, 4) is 33.8 Å². The van der Waals surface area contributed by atoms with E-state index in [-0.39, 0.29) is 6.61 Å². The van der Waals surface area contributed by atoms with Gasteiger partial charge in [0, 0.05) is 12.1 Å². The molecule has 0 radical (unpaired) electrons. The molecule has 4 aromatic heterocycles. The van der Waals surface area contributed by atoms with E-state index in [1.807, 2.05) is 48.5 Å². The fraction of sp³-hybridized carbons (Fsp3) is 0.130. The molecule has 0 saturated heterocycles. The second kappa shape index (κ2) is 8.19. The number of hydrogen-bond donors (Lipinski definition) is 0. The van der Waals surface area contributed by atoms with Crippen molar-refractivity contribution in [2.24, 2.45) is 0 Å². The zero-order chi connectivity index (χ0) is 23.1. The number of methoxy groups -OCH3 is 2. The monoisotopic (exact) mass is 474 g/mol. The van der Waals surface area contributed by atoms with Crippen molar-refractivity contribution in [3.63, 3.8) is 0 Å². The fourth-order valence-electron chi connectivity index (χ4n) is 3.62. The summed E-state index contributed by atoms with van der Waals surface area (Å²) >= 11 is 1.35. The van der Waals surface area contributed by atoms with Gasteiger partial charge in [-0.2, -0.15) is 0 Å². The topological polar surface area (TPSA) is 102 Å². The minimum absolute atomic E-state index is 0.259. The zero-order valence-electron chi connectivity index (χ0n) is 18.2. The van der Waals surface area contributed by atoms with Crippen molar-refractivity contribution in [2.45, 2.75) is 6.61 Å². The molecule has 0 aliphatic rings. The maximum absolute atomic E-state index is 6.20. The van der Waals surface area contributed by atoms with Crippen LogP contribution in [0.15, 0.2) is 65.3 Å². The number of benzene rings is 2. The number of fused-ring (bicyclic) bond motifs is 2. The van der Waals surface area contributed by atoms with E-state index in [2.05, 4.69) is 20.4 Å². The Bertz CT molecular complexity index is 1570. The van der Waals surface area contributed by atoms with Crippen molar-refractivity contribution >= 4 is 27.3 Å². The van der Waals surface area contributed by atoms with E-state index in [1.165, 1.54) is 11.3 Å². The molecule has 0 atom stereocenters. The molecule has 0 aliphatic carbocycles. The number of furan rings is 1. The van der Waals surface area contributed by atoms with E-state index in [0.717, 1.165) is 16.8 Å². The van der Waals surface area contributed by atoms with E-state index in [0.29, 0.717) is 38.7 Å². The number of ether oxygens (including phenoxy) is 3. The van der Waals surface area contributed by atoms with Crippen LogP contribution in [0.5, 0.6) is 16.7 Å². The van der Waals surface area contributed by atoms with Crippen LogP contribution in [0.2, 0.25) is 0 Å². The first kappa shape index (κ1) is 20.2. The SMILES string of the molecule is COc1cc(OCc2cnnn2-c2ccccc2)c2cc(-c3cn4nc(OC)sc4n3)oc2c1. The van der Waals surface area contributed by atoms with Crippen molar-refractivity contribution in [3.05, 3.63) is 66.6 Å². The molecule has 0 spiro atoms. The predicted molar refractivity (Wildman–Crippen MR) is 125 cm³/mol. The standard InChI is InChI=1S/C23H18N6O4S/c1-30-16-8-19(32-13-15-11-24-27-29(15)14-6-4-3-5-7-14)17-10-21(33-20(17)9-16)18-12-28-22(25-18)34-23(26-28)31-2/h3-12H,13H2,1-2H3. The maximum Gasteiger partial charge on any atom is 0.294 e. The third-order valence-electron chi connectivity index (χ3n) is 5.26. The molecule has 6 rings (SSSR count). The number of hydrogen-bond acceptors (Lipinski definition) is 9. The molecule has 0 N–H and O–H groups in total. The number of para-hydroxylation sites is 1. The first-order valence-corrected chi connectivity index (χ1v) is 11.1. The largest absolute Gasteiger partial charge is 0.496 e. The molecule has 0 aliphatic heterocycles. The van der Waals surface area contributed by atoms with Crippen LogP contribution >= 0.6 is 11.3 Å². The summed E-state index contributed by atoms with van der Waals surface area (Å²) in [6.45, 7) is 0.259. The van der Waals surface area contributed by atoms with Gasteiger partial charge in [0.15, 0.2) is 5.76 Å². The average molecular weight is 475 g/mol. The highest BCUT2D eigenvalue weighted by Crippen LogP contribution is 2.37. The molecular weight excluding hydrogens is 456 g/mol. The highest BCUT2D eigenvalue weighted by molar-refractivity contribution is 7.18. The highest BCUT2D eigenvalue weighted by atomic mass is 32.1. The van der Waals surface area contributed by atoms with Crippen LogP contribution in [0.3, 0.4) is 0 Å². The number of rotatable bonds is 7. The van der Waals surface area contributed by atoms with Crippen LogP contribution in [-0.4, -0.2) is 43.8 Å². The van der Waals surface area contributed by atoms with Crippen LogP contribution in [-0.2, 0) is 6.61 Å². The maximum atomic E-state index is 6.20. The minimum Gasteiger partial charge on any atom is -0.496 e. The Morgan fingerprint density at radius 1 is 1.06 bits per heavy atom. The molecule has 2 aromatic carbocycles. The molecule has 11 heteroatoms. The van der Waals surface area contributed by atoms with Crippen LogP contribution in [0.25, 0.3) is 33.1 Å². The Labute approximate surface area is 196 Å². The molecule has 0 amide bonds. The quantitative estimate of drug-likeness (QED) is 0.336. The Hall–Kier alpha value is -4.38. The third-order valence-corrected chi connectivity index (χ3v) is 6.14. The molecule has 34 heavy (non-hydrogen) atoms. The van der Waals surface area contributed by atoms with E-state index < -0.39 is 0 Å². The van der Waals surface area contributed by atoms with Gasteiger partial charge in [0.25, 0.3) is 5.19 Å². The first-order valence-electron chi connectivity index (χ1n) is 10.3. The van der Waals surface area contributed by atoms with Crippen molar-refractivity contribution in [1.82, 2.24) is 29.6 Å². The molecule has 170 valence electrons. The van der Waals surface area contributed by atoms with E-state index in [9.17, 15) is 0 Å². The number of imidazole rings is 1. The second-order valence-corrected chi connectivity index (χ2v) is 8.25. The highest BCUT2D eigenvalue weighted by Gasteiger charge is 2.18. The van der Waals surface area contributed by atoms with Gasteiger partial charge in [0.2, 0.25) is 4.96 Å². The van der Waals surface area contributed by atoms with Gasteiger partial charge in [-0.15, -0.1) is 10.2 Å². The smallest absolute Gasteiger partial charge is 0.294 e. The third kappa shape index (κ3) is 3.52. The van der Waals surface area contributed by atoms with Crippen LogP contribution < -0.4 is 14.2 Å². The van der Waals surface area contributed by atoms with Crippen LogP contribution in [0, 0.1) is 0 Å². The molecule has 4 heterocycles. The minimum atomic E-state index is 0.259. The fourth-order valence-corrected chi connectivity index (χ4v) is 4.32. The summed E-state index contributed by atoms with van der Waals surface area (Å²) in [4.78, 5) is 5.32. The van der Waals surface area contributed by atoms with Crippen molar-refractivity contribution in [1.29, 1.82) is 0 Å². The zero-order valence-corrected chi connectivity index (χ0v) is 19.0. The predicted octanol–water partition coefficient (Wildman–Crippen LogP) is 4.38. The van der Waals surface area contributed by atoms with Gasteiger partial charge in [-0.3, -0.25) is 0 Å². The van der Waals surface area contributed by atoms with Crippen LogP contribution in [0.4, 0.5) is 0 Å². The molecular formula is C23H18N6O4S. The van der Waals surface area contributed by atoms with Gasteiger partial charge in [0.05, 0.1) is 37.7 Å². The molecule has 6 aromatic rings. The molecule has 0 unspecified atom stereocenters.